The van der Waals surface area contributed by atoms with Crippen LogP contribution in [0.4, 0.5) is 0 Å². The number of benzene rings is 1. The number of rotatable bonds is 5. The number of aliphatic imine (C=N–C) groups is 1. The second-order valence-electron chi connectivity index (χ2n) is 6.70. The molecule has 1 aromatic heterocycles. The Hall–Kier alpha value is -2.57. The van der Waals surface area contributed by atoms with Gasteiger partial charge in [0.2, 0.25) is 0 Å². The van der Waals surface area contributed by atoms with Crippen LogP contribution in [-0.4, -0.2) is 52.8 Å². The minimum absolute atomic E-state index is 0.483. The van der Waals surface area contributed by atoms with E-state index in [4.69, 9.17) is 9.73 Å². The zero-order chi connectivity index (χ0) is 18.4. The highest BCUT2D eigenvalue weighted by Gasteiger charge is 2.19. The highest BCUT2D eigenvalue weighted by molar-refractivity contribution is 5.80. The molecule has 1 aliphatic heterocycles. The van der Waals surface area contributed by atoms with E-state index >= 15 is 0 Å². The summed E-state index contributed by atoms with van der Waals surface area (Å²) >= 11 is 0. The molecular formula is C19H28N6O. The zero-order valence-corrected chi connectivity index (χ0v) is 15.8. The molecule has 0 aliphatic carbocycles. The summed E-state index contributed by atoms with van der Waals surface area (Å²) in [5.74, 6) is 3.92. The van der Waals surface area contributed by atoms with E-state index in [-0.39, 0.29) is 0 Å². The quantitative estimate of drug-likeness (QED) is 0.636. The molecule has 7 nitrogen and oxygen atoms in total. The van der Waals surface area contributed by atoms with Crippen molar-refractivity contribution in [3.05, 3.63) is 30.1 Å². The molecule has 1 atom stereocenters. The van der Waals surface area contributed by atoms with Gasteiger partial charge in [0.15, 0.2) is 11.8 Å². The molecule has 1 fully saturated rings. The smallest absolute Gasteiger partial charge is 0.194 e. The largest absolute Gasteiger partial charge is 0.497 e. The summed E-state index contributed by atoms with van der Waals surface area (Å²) in [5.41, 5.74) is 0.953. The predicted octanol–water partition coefficient (Wildman–Crippen LogP) is 2.68. The average Bonchev–Trinajstić information content (AvgIpc) is 3.14. The minimum atomic E-state index is 0.483. The number of likely N-dealkylation sites (tertiary alicyclic amines) is 1. The van der Waals surface area contributed by atoms with E-state index in [1.807, 2.05) is 24.3 Å². The summed E-state index contributed by atoms with van der Waals surface area (Å²) < 4.78 is 5.19. The summed E-state index contributed by atoms with van der Waals surface area (Å²) in [6, 6.07) is 7.72. The van der Waals surface area contributed by atoms with Gasteiger partial charge in [0.05, 0.1) is 7.11 Å². The van der Waals surface area contributed by atoms with Crippen molar-refractivity contribution >= 4 is 5.96 Å². The molecule has 1 aromatic carbocycles. The lowest BCUT2D eigenvalue weighted by atomic mass is 10.0. The number of guanidine groups is 1. The molecule has 0 spiro atoms. The predicted molar refractivity (Wildman–Crippen MR) is 103 cm³/mol. The van der Waals surface area contributed by atoms with Crippen LogP contribution in [0.3, 0.4) is 0 Å². The van der Waals surface area contributed by atoms with Gasteiger partial charge in [-0.25, -0.2) is 9.98 Å². The lowest BCUT2D eigenvalue weighted by molar-refractivity contribution is 0.266. The summed E-state index contributed by atoms with van der Waals surface area (Å²) in [6.07, 6.45) is 2.51. The van der Waals surface area contributed by atoms with Crippen molar-refractivity contribution in [1.82, 2.24) is 25.4 Å². The SMILES string of the molecule is CCNC(=NCc1nc(-c2ccc(OC)cc2)n[nH]1)N1CCCC(C)C1. The summed E-state index contributed by atoms with van der Waals surface area (Å²) in [5, 5.41) is 10.7. The van der Waals surface area contributed by atoms with Crippen LogP contribution < -0.4 is 10.1 Å². The van der Waals surface area contributed by atoms with Crippen LogP contribution in [0.1, 0.15) is 32.5 Å². The molecule has 26 heavy (non-hydrogen) atoms. The second kappa shape index (κ2) is 8.69. The van der Waals surface area contributed by atoms with Crippen LogP contribution in [0.25, 0.3) is 11.4 Å². The van der Waals surface area contributed by atoms with Crippen molar-refractivity contribution in [1.29, 1.82) is 0 Å². The fourth-order valence-corrected chi connectivity index (χ4v) is 3.19. The highest BCUT2D eigenvalue weighted by atomic mass is 16.5. The van der Waals surface area contributed by atoms with Crippen molar-refractivity contribution in [2.75, 3.05) is 26.7 Å². The molecule has 0 radical (unpaired) electrons. The maximum Gasteiger partial charge on any atom is 0.194 e. The third kappa shape index (κ3) is 4.53. The van der Waals surface area contributed by atoms with Crippen LogP contribution in [0.15, 0.2) is 29.3 Å². The van der Waals surface area contributed by atoms with E-state index in [1.165, 1.54) is 12.8 Å². The fraction of sp³-hybridized carbons (Fsp3) is 0.526. The highest BCUT2D eigenvalue weighted by Crippen LogP contribution is 2.19. The van der Waals surface area contributed by atoms with Crippen LogP contribution >= 0.6 is 0 Å². The number of piperidine rings is 1. The minimum Gasteiger partial charge on any atom is -0.497 e. The Balaban J connectivity index is 1.68. The van der Waals surface area contributed by atoms with Gasteiger partial charge in [0.25, 0.3) is 0 Å². The third-order valence-corrected chi connectivity index (χ3v) is 4.55. The molecule has 0 saturated carbocycles. The van der Waals surface area contributed by atoms with Gasteiger partial charge in [-0.2, -0.15) is 5.10 Å². The average molecular weight is 356 g/mol. The first-order valence-electron chi connectivity index (χ1n) is 9.28. The van der Waals surface area contributed by atoms with Crippen LogP contribution in [0.5, 0.6) is 5.75 Å². The normalized spacial score (nSPS) is 18.0. The van der Waals surface area contributed by atoms with E-state index in [1.54, 1.807) is 7.11 Å². The number of aromatic nitrogens is 3. The monoisotopic (exact) mass is 356 g/mol. The first kappa shape index (κ1) is 18.2. The molecular weight excluding hydrogens is 328 g/mol. The van der Waals surface area contributed by atoms with Gasteiger partial charge in [-0.1, -0.05) is 6.92 Å². The summed E-state index contributed by atoms with van der Waals surface area (Å²) in [6.45, 7) is 7.85. The van der Waals surface area contributed by atoms with Crippen LogP contribution in [0.2, 0.25) is 0 Å². The zero-order valence-electron chi connectivity index (χ0n) is 15.8. The number of aromatic amines is 1. The first-order valence-corrected chi connectivity index (χ1v) is 9.28. The molecule has 7 heteroatoms. The first-order chi connectivity index (χ1) is 12.7. The Labute approximate surface area is 154 Å². The summed E-state index contributed by atoms with van der Waals surface area (Å²) in [7, 11) is 1.66. The number of ether oxygens (including phenoxy) is 1. The van der Waals surface area contributed by atoms with E-state index in [2.05, 4.69) is 39.2 Å². The van der Waals surface area contributed by atoms with Crippen molar-refractivity contribution in [2.45, 2.75) is 33.2 Å². The molecule has 1 saturated heterocycles. The van der Waals surface area contributed by atoms with E-state index in [0.29, 0.717) is 18.3 Å². The molecule has 2 heterocycles. The standard InChI is InChI=1S/C19H28N6O/c1-4-20-19(25-11-5-6-14(2)13-25)21-12-17-22-18(24-23-17)15-7-9-16(26-3)10-8-15/h7-10,14H,4-6,11-13H2,1-3H3,(H,20,21)(H,22,23,24). The maximum atomic E-state index is 5.19. The maximum absolute atomic E-state index is 5.19. The van der Waals surface area contributed by atoms with E-state index in [0.717, 1.165) is 42.7 Å². The van der Waals surface area contributed by atoms with Gasteiger partial charge in [0.1, 0.15) is 18.1 Å². The number of nitrogens with one attached hydrogen (secondary N) is 2. The van der Waals surface area contributed by atoms with Gasteiger partial charge < -0.3 is 15.0 Å². The van der Waals surface area contributed by atoms with Crippen LogP contribution in [0, 0.1) is 5.92 Å². The van der Waals surface area contributed by atoms with E-state index in [9.17, 15) is 0 Å². The Bertz CT molecular complexity index is 724. The topological polar surface area (TPSA) is 78.4 Å². The molecule has 2 aromatic rings. The Morgan fingerprint density at radius 1 is 1.38 bits per heavy atom. The van der Waals surface area contributed by atoms with Crippen LogP contribution in [-0.2, 0) is 6.54 Å². The lowest BCUT2D eigenvalue weighted by Gasteiger charge is -2.33. The number of H-pyrrole nitrogens is 1. The van der Waals surface area contributed by atoms with E-state index < -0.39 is 0 Å². The van der Waals surface area contributed by atoms with Crippen molar-refractivity contribution < 1.29 is 4.74 Å². The van der Waals surface area contributed by atoms with Gasteiger partial charge in [-0.3, -0.25) is 5.10 Å². The summed E-state index contributed by atoms with van der Waals surface area (Å²) in [4.78, 5) is 11.7. The van der Waals surface area contributed by atoms with Gasteiger partial charge >= 0.3 is 0 Å². The van der Waals surface area contributed by atoms with Gasteiger partial charge in [-0.15, -0.1) is 0 Å². The second-order valence-corrected chi connectivity index (χ2v) is 6.70. The van der Waals surface area contributed by atoms with Gasteiger partial charge in [0, 0.05) is 25.2 Å². The van der Waals surface area contributed by atoms with Crippen molar-refractivity contribution in [2.24, 2.45) is 10.9 Å². The number of hydrogen-bond acceptors (Lipinski definition) is 4. The molecule has 0 amide bonds. The number of hydrogen-bond donors (Lipinski definition) is 2. The molecule has 1 aliphatic rings. The third-order valence-electron chi connectivity index (χ3n) is 4.55. The molecule has 1 unspecified atom stereocenters. The molecule has 2 N–H and O–H groups in total. The molecule has 0 bridgehead atoms. The molecule has 140 valence electrons. The Morgan fingerprint density at radius 2 is 2.19 bits per heavy atom. The Kier molecular flexibility index (Phi) is 6.09. The lowest BCUT2D eigenvalue weighted by Crippen LogP contribution is -2.46. The van der Waals surface area contributed by atoms with Crippen molar-refractivity contribution in [3.8, 4) is 17.1 Å². The number of methoxy groups -OCH3 is 1. The van der Waals surface area contributed by atoms with Gasteiger partial charge in [-0.05, 0) is 49.9 Å². The Morgan fingerprint density at radius 3 is 2.88 bits per heavy atom. The molecule has 3 rings (SSSR count). The number of nitrogens with zero attached hydrogens (tertiary/aromatic N) is 4. The van der Waals surface area contributed by atoms with Crippen molar-refractivity contribution in [3.63, 3.8) is 0 Å². The fourth-order valence-electron chi connectivity index (χ4n) is 3.19.